The molecule has 4 rings (SSSR count). The molecular weight excluding hydrogens is 386 g/mol. The molecule has 1 unspecified atom stereocenters. The predicted octanol–water partition coefficient (Wildman–Crippen LogP) is 4.29. The third-order valence-electron chi connectivity index (χ3n) is 5.30. The molecule has 0 bridgehead atoms. The number of nitrogens with one attached hydrogen (secondary N) is 1. The van der Waals surface area contributed by atoms with Gasteiger partial charge in [-0.1, -0.05) is 23.7 Å². The molecule has 0 aliphatic carbocycles. The van der Waals surface area contributed by atoms with Gasteiger partial charge in [0.25, 0.3) is 0 Å². The second kappa shape index (κ2) is 8.76. The molecule has 1 heterocycles. The van der Waals surface area contributed by atoms with Crippen LogP contribution in [0.3, 0.4) is 0 Å². The van der Waals surface area contributed by atoms with E-state index in [0.717, 1.165) is 49.1 Å². The zero-order valence-corrected chi connectivity index (χ0v) is 17.5. The van der Waals surface area contributed by atoms with Gasteiger partial charge in [0, 0.05) is 22.6 Å². The van der Waals surface area contributed by atoms with Crippen LogP contribution >= 0.6 is 11.6 Å². The summed E-state index contributed by atoms with van der Waals surface area (Å²) in [5.74, 6) is 3.23. The van der Waals surface area contributed by atoms with Gasteiger partial charge in [-0.15, -0.1) is 0 Å². The Kier molecular flexibility index (Phi) is 5.93. The van der Waals surface area contributed by atoms with E-state index in [2.05, 4.69) is 24.3 Å². The molecular formula is C24H25ClNO3+. The molecule has 29 heavy (non-hydrogen) atoms. The van der Waals surface area contributed by atoms with E-state index >= 15 is 0 Å². The largest absolute Gasteiger partial charge is 0.493 e. The lowest BCUT2D eigenvalue weighted by atomic mass is 9.98. The Morgan fingerprint density at radius 1 is 0.862 bits per heavy atom. The maximum absolute atomic E-state index is 5.98. The number of methoxy groups -OCH3 is 2. The van der Waals surface area contributed by atoms with E-state index < -0.39 is 0 Å². The van der Waals surface area contributed by atoms with Crippen molar-refractivity contribution in [1.82, 2.24) is 0 Å². The number of hydrogen-bond acceptors (Lipinski definition) is 3. The van der Waals surface area contributed by atoms with Gasteiger partial charge < -0.3 is 19.1 Å². The van der Waals surface area contributed by atoms with Crippen molar-refractivity contribution < 1.29 is 19.1 Å². The normalized spacial score (nSPS) is 15.5. The number of hydrogen-bond donors (Lipinski definition) is 1. The van der Waals surface area contributed by atoms with E-state index in [1.54, 1.807) is 14.2 Å². The van der Waals surface area contributed by atoms with Crippen LogP contribution in [0.15, 0.2) is 60.7 Å². The first-order valence-electron chi connectivity index (χ1n) is 9.74. The van der Waals surface area contributed by atoms with Crippen LogP contribution in [0.25, 0.3) is 0 Å². The molecule has 0 aromatic heterocycles. The maximum Gasteiger partial charge on any atom is 0.161 e. The Morgan fingerprint density at radius 2 is 1.59 bits per heavy atom. The molecule has 3 aromatic rings. The van der Waals surface area contributed by atoms with Crippen molar-refractivity contribution in [2.45, 2.75) is 19.5 Å². The van der Waals surface area contributed by atoms with Gasteiger partial charge in [-0.25, -0.2) is 0 Å². The molecule has 0 spiro atoms. The lowest BCUT2D eigenvalue weighted by molar-refractivity contribution is -0.929. The highest BCUT2D eigenvalue weighted by Crippen LogP contribution is 2.31. The third kappa shape index (κ3) is 4.66. The fraction of sp³-hybridized carbons (Fsp3) is 0.250. The number of ether oxygens (including phenoxy) is 3. The van der Waals surface area contributed by atoms with Crippen molar-refractivity contribution in [2.24, 2.45) is 0 Å². The van der Waals surface area contributed by atoms with Crippen LogP contribution in [0.4, 0.5) is 0 Å². The Morgan fingerprint density at radius 3 is 2.31 bits per heavy atom. The van der Waals surface area contributed by atoms with Gasteiger partial charge >= 0.3 is 0 Å². The maximum atomic E-state index is 5.98. The monoisotopic (exact) mass is 410 g/mol. The van der Waals surface area contributed by atoms with Gasteiger partial charge in [0.15, 0.2) is 11.5 Å². The van der Waals surface area contributed by atoms with Crippen LogP contribution < -0.4 is 19.1 Å². The van der Waals surface area contributed by atoms with Gasteiger partial charge in [0.2, 0.25) is 0 Å². The van der Waals surface area contributed by atoms with Gasteiger partial charge in [-0.3, -0.25) is 0 Å². The molecule has 0 fully saturated rings. The fourth-order valence-corrected chi connectivity index (χ4v) is 3.95. The summed E-state index contributed by atoms with van der Waals surface area (Å²) >= 11 is 5.95. The molecule has 4 nitrogen and oxygen atoms in total. The molecule has 1 aliphatic heterocycles. The Bertz CT molecular complexity index is 988. The third-order valence-corrected chi connectivity index (χ3v) is 5.55. The summed E-state index contributed by atoms with van der Waals surface area (Å²) in [5, 5.41) is 0.703. The van der Waals surface area contributed by atoms with Gasteiger partial charge in [0.05, 0.1) is 20.8 Å². The van der Waals surface area contributed by atoms with E-state index in [-0.39, 0.29) is 0 Å². The smallest absolute Gasteiger partial charge is 0.161 e. The van der Waals surface area contributed by atoms with Crippen LogP contribution in [-0.4, -0.2) is 20.8 Å². The van der Waals surface area contributed by atoms with Crippen molar-refractivity contribution in [2.75, 3.05) is 20.8 Å². The summed E-state index contributed by atoms with van der Waals surface area (Å²) in [6.07, 6.45) is 1.03. The fourth-order valence-electron chi connectivity index (χ4n) is 3.83. The summed E-state index contributed by atoms with van der Waals surface area (Å²) in [5.41, 5.74) is 3.94. The summed E-state index contributed by atoms with van der Waals surface area (Å²) < 4.78 is 16.9. The van der Waals surface area contributed by atoms with Crippen LogP contribution in [-0.2, 0) is 19.5 Å². The number of benzene rings is 3. The first-order valence-corrected chi connectivity index (χ1v) is 10.1. The minimum atomic E-state index is 0.703. The number of halogens is 1. The topological polar surface area (TPSA) is 32.1 Å². The first kappa shape index (κ1) is 19.6. The van der Waals surface area contributed by atoms with Crippen molar-refractivity contribution in [3.05, 3.63) is 82.4 Å². The van der Waals surface area contributed by atoms with E-state index in [9.17, 15) is 0 Å². The minimum Gasteiger partial charge on any atom is -0.493 e. The average Bonchev–Trinajstić information content (AvgIpc) is 2.74. The molecule has 0 saturated heterocycles. The lowest BCUT2D eigenvalue weighted by Gasteiger charge is -2.27. The molecule has 1 atom stereocenters. The summed E-state index contributed by atoms with van der Waals surface area (Å²) in [6, 6.07) is 20.0. The molecule has 150 valence electrons. The second-order valence-corrected chi connectivity index (χ2v) is 7.72. The highest BCUT2D eigenvalue weighted by molar-refractivity contribution is 6.30. The van der Waals surface area contributed by atoms with E-state index in [4.69, 9.17) is 25.8 Å². The Hall–Kier alpha value is -2.69. The molecule has 1 aliphatic rings. The summed E-state index contributed by atoms with van der Waals surface area (Å²) in [6.45, 7) is 3.01. The minimum absolute atomic E-state index is 0.703. The molecule has 0 amide bonds. The van der Waals surface area contributed by atoms with Crippen molar-refractivity contribution in [3.63, 3.8) is 0 Å². The summed E-state index contributed by atoms with van der Waals surface area (Å²) in [7, 11) is 3.37. The highest BCUT2D eigenvalue weighted by Gasteiger charge is 2.22. The lowest BCUT2D eigenvalue weighted by Crippen LogP contribution is -3.10. The van der Waals surface area contributed by atoms with Crippen LogP contribution in [0.1, 0.15) is 16.7 Å². The van der Waals surface area contributed by atoms with Crippen molar-refractivity contribution in [3.8, 4) is 23.0 Å². The van der Waals surface area contributed by atoms with Crippen LogP contribution in [0.2, 0.25) is 5.02 Å². The number of rotatable bonds is 6. The van der Waals surface area contributed by atoms with Gasteiger partial charge in [-0.05, 0) is 54.1 Å². The zero-order chi connectivity index (χ0) is 20.2. The predicted molar refractivity (Wildman–Crippen MR) is 114 cm³/mol. The molecule has 1 N–H and O–H groups in total. The SMILES string of the molecule is COc1cc2c(cc1OC)C[NH+](Cc1cccc(Oc3ccc(Cl)cc3)c1)CC2. The van der Waals surface area contributed by atoms with Gasteiger partial charge in [-0.2, -0.15) is 0 Å². The van der Waals surface area contributed by atoms with Gasteiger partial charge in [0.1, 0.15) is 24.6 Å². The zero-order valence-electron chi connectivity index (χ0n) is 16.7. The molecule has 3 aromatic carbocycles. The molecule has 0 saturated carbocycles. The van der Waals surface area contributed by atoms with Crippen LogP contribution in [0, 0.1) is 0 Å². The van der Waals surface area contributed by atoms with Crippen molar-refractivity contribution in [1.29, 1.82) is 0 Å². The molecule has 0 radical (unpaired) electrons. The quantitative estimate of drug-likeness (QED) is 0.657. The standard InChI is InChI=1S/C24H24ClNO3/c1-27-23-13-18-10-11-26(16-19(18)14-24(23)28-2)15-17-4-3-5-22(12-17)29-21-8-6-20(25)7-9-21/h3-9,12-14H,10-11,15-16H2,1-2H3/p+1. The van der Waals surface area contributed by atoms with E-state index in [0.29, 0.717) is 5.02 Å². The second-order valence-electron chi connectivity index (χ2n) is 7.28. The van der Waals surface area contributed by atoms with E-state index in [1.165, 1.54) is 21.6 Å². The number of quaternary nitrogens is 1. The van der Waals surface area contributed by atoms with Crippen LogP contribution in [0.5, 0.6) is 23.0 Å². The van der Waals surface area contributed by atoms with Crippen molar-refractivity contribution >= 4 is 11.6 Å². The molecule has 5 heteroatoms. The Balaban J connectivity index is 1.45. The van der Waals surface area contributed by atoms with E-state index in [1.807, 2.05) is 36.4 Å². The highest BCUT2D eigenvalue weighted by atomic mass is 35.5. The Labute approximate surface area is 176 Å². The average molecular weight is 411 g/mol. The number of fused-ring (bicyclic) bond motifs is 1. The first-order chi connectivity index (χ1) is 14.1. The summed E-state index contributed by atoms with van der Waals surface area (Å²) in [4.78, 5) is 1.52.